The van der Waals surface area contributed by atoms with Gasteiger partial charge in [0.1, 0.15) is 5.69 Å². The van der Waals surface area contributed by atoms with Crippen LogP contribution in [-0.2, 0) is 9.53 Å². The number of anilines is 2. The molecular weight excluding hydrogens is 350 g/mol. The molecule has 6 nitrogen and oxygen atoms in total. The number of carbonyl (C=O) groups excluding carboxylic acids is 2. The first-order valence-electron chi connectivity index (χ1n) is 8.05. The number of nitrogens with one attached hydrogen (secondary N) is 1. The number of carbonyl (C=O) groups is 2. The minimum atomic E-state index is -0.949. The molecule has 0 saturated heterocycles. The Morgan fingerprint density at radius 2 is 1.65 bits per heavy atom. The number of fused-ring (bicyclic) bond motifs is 2. The maximum Gasteiger partial charge on any atom is 0.357 e. The van der Waals surface area contributed by atoms with Gasteiger partial charge in [0.05, 0.1) is 11.4 Å². The Morgan fingerprint density at radius 3 is 2.23 bits per heavy atom. The number of aromatic nitrogens is 2. The lowest BCUT2D eigenvalue weighted by molar-refractivity contribution is -0.125. The van der Waals surface area contributed by atoms with Crippen LogP contribution in [0.4, 0.5) is 11.4 Å². The third-order valence-corrected chi connectivity index (χ3v) is 5.14. The van der Waals surface area contributed by atoms with Crippen LogP contribution in [0, 0.1) is 0 Å². The summed E-state index contributed by atoms with van der Waals surface area (Å²) in [4.78, 5) is 28.8. The molecule has 0 saturated carbocycles. The molecule has 1 aliphatic heterocycles. The maximum absolute atomic E-state index is 13.1. The second-order valence-electron chi connectivity index (χ2n) is 5.73. The number of hydrogen-bond donors (Lipinski definition) is 1. The van der Waals surface area contributed by atoms with Crippen molar-refractivity contribution in [3.8, 4) is 0 Å². The summed E-state index contributed by atoms with van der Waals surface area (Å²) in [6.07, 6.45) is 0.507. The Kier molecular flexibility index (Phi) is 4.22. The molecule has 1 unspecified atom stereocenters. The molecule has 2 aromatic carbocycles. The molecule has 130 valence electrons. The Morgan fingerprint density at radius 1 is 1.04 bits per heavy atom. The molecule has 1 atom stereocenters. The van der Waals surface area contributed by atoms with Crippen molar-refractivity contribution in [2.75, 3.05) is 4.90 Å². The molecule has 0 radical (unpaired) electrons. The highest BCUT2D eigenvalue weighted by atomic mass is 32.2. The van der Waals surface area contributed by atoms with Gasteiger partial charge in [0.15, 0.2) is 6.10 Å². The van der Waals surface area contributed by atoms with Crippen LogP contribution in [0.1, 0.15) is 17.4 Å². The van der Waals surface area contributed by atoms with Gasteiger partial charge in [-0.2, -0.15) is 5.10 Å². The molecule has 3 aromatic rings. The Hall–Kier alpha value is -3.06. The van der Waals surface area contributed by atoms with Gasteiger partial charge in [-0.25, -0.2) is 4.79 Å². The smallest absolute Gasteiger partial charge is 0.357 e. The molecule has 0 bridgehead atoms. The number of amides is 1. The van der Waals surface area contributed by atoms with Gasteiger partial charge in [-0.1, -0.05) is 36.0 Å². The number of H-pyrrole nitrogens is 1. The van der Waals surface area contributed by atoms with E-state index in [2.05, 4.69) is 10.2 Å². The van der Waals surface area contributed by atoms with Gasteiger partial charge in [0.25, 0.3) is 5.91 Å². The number of ether oxygens (including phenoxy) is 1. The number of esters is 1. The van der Waals surface area contributed by atoms with E-state index < -0.39 is 12.1 Å². The second kappa shape index (κ2) is 6.68. The average molecular weight is 365 g/mol. The zero-order valence-corrected chi connectivity index (χ0v) is 14.7. The van der Waals surface area contributed by atoms with Crippen LogP contribution < -0.4 is 4.90 Å². The first-order valence-corrected chi connectivity index (χ1v) is 8.87. The molecule has 1 N–H and O–H groups in total. The molecule has 7 heteroatoms. The Bertz CT molecular complexity index is 926. The SMILES string of the molecule is CC(OC(=O)c1ccn[nH]1)C(=O)N1c2ccccc2Sc2ccccc21. The van der Waals surface area contributed by atoms with Crippen molar-refractivity contribution in [3.63, 3.8) is 0 Å². The summed E-state index contributed by atoms with van der Waals surface area (Å²) in [6, 6.07) is 16.9. The van der Waals surface area contributed by atoms with E-state index in [-0.39, 0.29) is 11.6 Å². The third kappa shape index (κ3) is 2.86. The van der Waals surface area contributed by atoms with E-state index in [9.17, 15) is 9.59 Å². The summed E-state index contributed by atoms with van der Waals surface area (Å²) in [5, 5.41) is 6.26. The Labute approximate surface area is 154 Å². The molecule has 2 heterocycles. The van der Waals surface area contributed by atoms with Gasteiger partial charge >= 0.3 is 5.97 Å². The molecule has 0 fully saturated rings. The fourth-order valence-electron chi connectivity index (χ4n) is 2.77. The Balaban J connectivity index is 1.66. The van der Waals surface area contributed by atoms with E-state index in [1.807, 2.05) is 48.5 Å². The van der Waals surface area contributed by atoms with E-state index in [4.69, 9.17) is 4.74 Å². The summed E-state index contributed by atoms with van der Waals surface area (Å²) >= 11 is 1.61. The van der Waals surface area contributed by atoms with Gasteiger partial charge in [0, 0.05) is 16.0 Å². The monoisotopic (exact) mass is 365 g/mol. The molecule has 1 amide bonds. The van der Waals surface area contributed by atoms with Gasteiger partial charge in [0.2, 0.25) is 0 Å². The largest absolute Gasteiger partial charge is 0.448 e. The fraction of sp³-hybridized carbons (Fsp3) is 0.105. The highest BCUT2D eigenvalue weighted by Gasteiger charge is 2.32. The van der Waals surface area contributed by atoms with Crippen molar-refractivity contribution in [2.24, 2.45) is 0 Å². The van der Waals surface area contributed by atoms with Crippen LogP contribution in [0.5, 0.6) is 0 Å². The van der Waals surface area contributed by atoms with Crippen LogP contribution in [-0.4, -0.2) is 28.2 Å². The molecular formula is C19H15N3O3S. The maximum atomic E-state index is 13.1. The van der Waals surface area contributed by atoms with Crippen molar-refractivity contribution in [2.45, 2.75) is 22.8 Å². The van der Waals surface area contributed by atoms with Crippen molar-refractivity contribution in [1.29, 1.82) is 0 Å². The predicted molar refractivity (Wildman–Crippen MR) is 97.6 cm³/mol. The average Bonchev–Trinajstić information content (AvgIpc) is 3.20. The van der Waals surface area contributed by atoms with Crippen molar-refractivity contribution in [3.05, 3.63) is 66.5 Å². The van der Waals surface area contributed by atoms with E-state index in [0.29, 0.717) is 0 Å². The number of hydrogen-bond acceptors (Lipinski definition) is 5. The minimum Gasteiger partial charge on any atom is -0.448 e. The van der Waals surface area contributed by atoms with Gasteiger partial charge < -0.3 is 4.74 Å². The normalized spacial score (nSPS) is 13.5. The quantitative estimate of drug-likeness (QED) is 0.715. The van der Waals surface area contributed by atoms with Crippen LogP contribution >= 0.6 is 11.8 Å². The van der Waals surface area contributed by atoms with Gasteiger partial charge in [-0.3, -0.25) is 14.8 Å². The van der Waals surface area contributed by atoms with Gasteiger partial charge in [-0.15, -0.1) is 0 Å². The van der Waals surface area contributed by atoms with Crippen LogP contribution in [0.3, 0.4) is 0 Å². The van der Waals surface area contributed by atoms with E-state index in [1.54, 1.807) is 23.6 Å². The lowest BCUT2D eigenvalue weighted by atomic mass is 10.2. The molecule has 1 aliphatic rings. The molecule has 26 heavy (non-hydrogen) atoms. The zero-order valence-electron chi connectivity index (χ0n) is 13.9. The standard InChI is InChI=1S/C19H15N3O3S/c1-12(25-19(24)13-10-11-20-21-13)18(23)22-14-6-2-4-8-16(14)26-17-9-5-3-7-15(17)22/h2-12H,1H3,(H,20,21). The lowest BCUT2D eigenvalue weighted by Crippen LogP contribution is -2.38. The van der Waals surface area contributed by atoms with E-state index in [1.165, 1.54) is 12.3 Å². The van der Waals surface area contributed by atoms with Gasteiger partial charge in [-0.05, 0) is 37.3 Å². The summed E-state index contributed by atoms with van der Waals surface area (Å²) in [5.74, 6) is -0.922. The number of benzene rings is 2. The summed E-state index contributed by atoms with van der Waals surface area (Å²) in [6.45, 7) is 1.57. The number of para-hydroxylation sites is 2. The van der Waals surface area contributed by atoms with Crippen molar-refractivity contribution >= 4 is 35.0 Å². The van der Waals surface area contributed by atoms with E-state index in [0.717, 1.165) is 21.2 Å². The van der Waals surface area contributed by atoms with Crippen molar-refractivity contribution in [1.82, 2.24) is 10.2 Å². The number of rotatable bonds is 3. The highest BCUT2D eigenvalue weighted by Crippen LogP contribution is 2.48. The third-order valence-electron chi connectivity index (χ3n) is 4.00. The molecule has 1 aromatic heterocycles. The summed E-state index contributed by atoms with van der Waals surface area (Å²) < 4.78 is 5.33. The second-order valence-corrected chi connectivity index (χ2v) is 6.81. The minimum absolute atomic E-state index is 0.208. The molecule has 0 aliphatic carbocycles. The van der Waals surface area contributed by atoms with E-state index >= 15 is 0 Å². The summed E-state index contributed by atoms with van der Waals surface area (Å²) in [5.41, 5.74) is 1.77. The van der Waals surface area contributed by atoms with Crippen LogP contribution in [0.2, 0.25) is 0 Å². The van der Waals surface area contributed by atoms with Crippen LogP contribution in [0.25, 0.3) is 0 Å². The van der Waals surface area contributed by atoms with Crippen LogP contribution in [0.15, 0.2) is 70.6 Å². The zero-order chi connectivity index (χ0) is 18.1. The number of aromatic amines is 1. The number of nitrogens with zero attached hydrogens (tertiary/aromatic N) is 2. The lowest BCUT2D eigenvalue weighted by Gasteiger charge is -2.32. The molecule has 4 rings (SSSR count). The first kappa shape index (κ1) is 16.4. The fourth-order valence-corrected chi connectivity index (χ4v) is 3.83. The predicted octanol–water partition coefficient (Wildman–Crippen LogP) is 3.78. The molecule has 0 spiro atoms. The summed E-state index contributed by atoms with van der Waals surface area (Å²) in [7, 11) is 0. The highest BCUT2D eigenvalue weighted by molar-refractivity contribution is 7.99. The van der Waals surface area contributed by atoms with Crippen molar-refractivity contribution < 1.29 is 14.3 Å². The first-order chi connectivity index (χ1) is 12.6. The topological polar surface area (TPSA) is 75.3 Å².